The molecule has 2 aliphatic heterocycles. The molecule has 0 aliphatic carbocycles. The molecule has 1 unspecified atom stereocenters. The van der Waals surface area contributed by atoms with E-state index in [1.54, 1.807) is 30.3 Å². The van der Waals surface area contributed by atoms with E-state index in [1.165, 1.54) is 22.8 Å². The number of amides is 1. The van der Waals surface area contributed by atoms with Crippen LogP contribution in [0.1, 0.15) is 35.3 Å². The van der Waals surface area contributed by atoms with Crippen molar-refractivity contribution in [3.63, 3.8) is 0 Å². The summed E-state index contributed by atoms with van der Waals surface area (Å²) in [7, 11) is -2.08. The lowest BCUT2D eigenvalue weighted by molar-refractivity contribution is 0.0350. The molecule has 1 saturated heterocycles. The maximum absolute atomic E-state index is 13.2. The number of aryl methyl sites for hydroxylation is 1. The second-order valence-corrected chi connectivity index (χ2v) is 9.15. The number of hydrogen-bond acceptors (Lipinski definition) is 6. The van der Waals surface area contributed by atoms with Gasteiger partial charge in [-0.1, -0.05) is 4.21 Å². The Kier molecular flexibility index (Phi) is 5.62. The summed E-state index contributed by atoms with van der Waals surface area (Å²) in [6.07, 6.45) is 7.56. The van der Waals surface area contributed by atoms with Crippen molar-refractivity contribution in [1.82, 2.24) is 14.9 Å². The molecule has 9 heteroatoms. The molecular weight excluding hydrogens is 392 g/mol. The van der Waals surface area contributed by atoms with Crippen molar-refractivity contribution in [2.45, 2.75) is 36.7 Å². The number of anilines is 1. The lowest BCUT2D eigenvalue weighted by Gasteiger charge is -2.34. The first-order valence-corrected chi connectivity index (χ1v) is 11.2. The summed E-state index contributed by atoms with van der Waals surface area (Å²) >= 11 is 0. The molecule has 2 aromatic rings. The van der Waals surface area contributed by atoms with Gasteiger partial charge in [0.25, 0.3) is 5.91 Å². The fourth-order valence-electron chi connectivity index (χ4n) is 3.87. The average molecular weight is 417 g/mol. The first-order chi connectivity index (χ1) is 14.0. The number of piperidine rings is 1. The van der Waals surface area contributed by atoms with Crippen LogP contribution < -0.4 is 4.31 Å². The van der Waals surface area contributed by atoms with Crippen molar-refractivity contribution >= 4 is 22.0 Å². The monoisotopic (exact) mass is 416 g/mol. The summed E-state index contributed by atoms with van der Waals surface area (Å²) in [4.78, 5) is 23.2. The van der Waals surface area contributed by atoms with Crippen LogP contribution >= 0.6 is 0 Å². The highest BCUT2D eigenvalue weighted by Crippen LogP contribution is 2.34. The molecule has 0 N–H and O–H groups in total. The van der Waals surface area contributed by atoms with Gasteiger partial charge in [0, 0.05) is 32.6 Å². The van der Waals surface area contributed by atoms with Crippen molar-refractivity contribution in [2.24, 2.45) is 0 Å². The van der Waals surface area contributed by atoms with Crippen molar-refractivity contribution < 1.29 is 18.3 Å². The smallest absolute Gasteiger partial charge is 0.255 e. The number of aromatic nitrogens is 2. The van der Waals surface area contributed by atoms with E-state index >= 15 is 0 Å². The fourth-order valence-corrected chi connectivity index (χ4v) is 5.36. The third-order valence-electron chi connectivity index (χ3n) is 5.52. The number of carbonyl (C=O) groups excluding carboxylic acids is 1. The molecule has 8 nitrogen and oxygen atoms in total. The van der Waals surface area contributed by atoms with Gasteiger partial charge in [0.15, 0.2) is 15.3 Å². The van der Waals surface area contributed by atoms with Crippen LogP contribution in [0.25, 0.3) is 0 Å². The van der Waals surface area contributed by atoms with Gasteiger partial charge in [-0.2, -0.15) is 4.31 Å². The van der Waals surface area contributed by atoms with Gasteiger partial charge in [-0.05, 0) is 43.9 Å². The minimum absolute atomic E-state index is 0.126. The summed E-state index contributed by atoms with van der Waals surface area (Å²) in [5.74, 6) is -0.126. The van der Waals surface area contributed by atoms with Crippen LogP contribution in [-0.4, -0.2) is 58.2 Å². The van der Waals surface area contributed by atoms with Crippen molar-refractivity contribution in [3.8, 4) is 0 Å². The fraction of sp³-hybridized carbons (Fsp3) is 0.450. The van der Waals surface area contributed by atoms with Gasteiger partial charge in [0.2, 0.25) is 0 Å². The zero-order valence-corrected chi connectivity index (χ0v) is 17.1. The number of methoxy groups -OCH3 is 1. The molecule has 0 bridgehead atoms. The zero-order chi connectivity index (χ0) is 20.4. The van der Waals surface area contributed by atoms with E-state index in [-0.39, 0.29) is 16.9 Å². The molecule has 29 heavy (non-hydrogen) atoms. The molecular formula is C20H24N4O4S. The highest BCUT2D eigenvalue weighted by Gasteiger charge is 2.35. The second-order valence-electron chi connectivity index (χ2n) is 7.29. The van der Waals surface area contributed by atoms with Gasteiger partial charge in [0.05, 0.1) is 30.1 Å². The Morgan fingerprint density at radius 1 is 1.28 bits per heavy atom. The largest absolute Gasteiger partial charge is 0.588 e. The Labute approximate surface area is 171 Å². The number of rotatable bonds is 4. The maximum atomic E-state index is 13.2. The van der Waals surface area contributed by atoms with E-state index in [9.17, 15) is 13.6 Å². The number of nitrogens with zero attached hydrogens (tertiary/aromatic N) is 4. The summed E-state index contributed by atoms with van der Waals surface area (Å²) in [6.45, 7) is 1.58. The lowest BCUT2D eigenvalue weighted by Crippen LogP contribution is -2.42. The third kappa shape index (κ3) is 3.90. The zero-order valence-electron chi connectivity index (χ0n) is 16.3. The molecule has 0 saturated carbocycles. The van der Waals surface area contributed by atoms with Crippen LogP contribution in [0.15, 0.2) is 41.7 Å². The third-order valence-corrected chi connectivity index (χ3v) is 7.32. The summed E-state index contributed by atoms with van der Waals surface area (Å²) in [5.41, 5.74) is 1.59. The standard InChI is InChI=1S/C20H24N4O4S/c1-28-16-6-10-23(11-7-16)20(25)15-12-19-18(22-13-15)5-3-9-24(19)29(26,27)17-4-2-8-21-14-17/h2,4,8,12-14,16H,3,5-7,9-11H2,1H3. The number of likely N-dealkylation sites (tertiary alicyclic amines) is 1. The Hall–Kier alpha value is -2.36. The van der Waals surface area contributed by atoms with E-state index in [4.69, 9.17) is 4.74 Å². The van der Waals surface area contributed by atoms with Crippen LogP contribution in [0.4, 0.5) is 5.69 Å². The van der Waals surface area contributed by atoms with E-state index in [0.29, 0.717) is 49.4 Å². The van der Waals surface area contributed by atoms with Crippen molar-refractivity contribution in [2.75, 3.05) is 31.0 Å². The summed E-state index contributed by atoms with van der Waals surface area (Å²) in [6, 6.07) is 4.79. The molecule has 4 heterocycles. The molecule has 2 aromatic heterocycles. The molecule has 1 fully saturated rings. The van der Waals surface area contributed by atoms with Crippen LogP contribution in [0.3, 0.4) is 0 Å². The molecule has 154 valence electrons. The van der Waals surface area contributed by atoms with E-state index in [0.717, 1.165) is 12.8 Å². The van der Waals surface area contributed by atoms with Gasteiger partial charge in [-0.3, -0.25) is 14.8 Å². The molecule has 4 rings (SSSR count). The van der Waals surface area contributed by atoms with Crippen LogP contribution in [0.5, 0.6) is 0 Å². The molecule has 0 radical (unpaired) electrons. The number of fused-ring (bicyclic) bond motifs is 1. The van der Waals surface area contributed by atoms with E-state index < -0.39 is 10.4 Å². The number of ether oxygens (including phenoxy) is 1. The second kappa shape index (κ2) is 8.17. The van der Waals surface area contributed by atoms with Crippen LogP contribution in [0, 0.1) is 0 Å². The quantitative estimate of drug-likeness (QED) is 0.708. The van der Waals surface area contributed by atoms with Gasteiger partial charge < -0.3 is 14.2 Å². The SMILES string of the molecule is COC1CCN(C(=O)c2cnc3c(c2)N([S+](=O)([O-])c2cccnc2)CCC3)CC1. The molecule has 0 spiro atoms. The first kappa shape index (κ1) is 19.9. The van der Waals surface area contributed by atoms with Gasteiger partial charge in [-0.25, -0.2) is 0 Å². The first-order valence-electron chi connectivity index (χ1n) is 9.74. The lowest BCUT2D eigenvalue weighted by atomic mass is 10.0. The van der Waals surface area contributed by atoms with E-state index in [1.807, 2.05) is 0 Å². The Bertz CT molecular complexity index is 931. The Balaban J connectivity index is 1.62. The Morgan fingerprint density at radius 2 is 2.07 bits per heavy atom. The normalized spacial score (nSPS) is 19.5. The predicted octanol–water partition coefficient (Wildman–Crippen LogP) is 2.08. The summed E-state index contributed by atoms with van der Waals surface area (Å²) in [5, 5.41) is 0. The van der Waals surface area contributed by atoms with Gasteiger partial charge in [0.1, 0.15) is 5.69 Å². The number of carbonyl (C=O) groups is 1. The Morgan fingerprint density at radius 3 is 2.76 bits per heavy atom. The van der Waals surface area contributed by atoms with Crippen LogP contribution in [0.2, 0.25) is 0 Å². The van der Waals surface area contributed by atoms with Gasteiger partial charge in [-0.15, -0.1) is 0 Å². The molecule has 2 aliphatic rings. The van der Waals surface area contributed by atoms with Crippen LogP contribution in [-0.2, 0) is 25.8 Å². The summed E-state index contributed by atoms with van der Waals surface area (Å²) < 4.78 is 33.0. The van der Waals surface area contributed by atoms with Crippen molar-refractivity contribution in [1.29, 1.82) is 0 Å². The maximum Gasteiger partial charge on any atom is 0.255 e. The highest BCUT2D eigenvalue weighted by molar-refractivity contribution is 7.99. The molecule has 1 atom stereocenters. The topological polar surface area (TPSA) is 98.7 Å². The number of pyridine rings is 2. The van der Waals surface area contributed by atoms with Gasteiger partial charge >= 0.3 is 0 Å². The number of hydrogen-bond donors (Lipinski definition) is 0. The van der Waals surface area contributed by atoms with Crippen molar-refractivity contribution in [3.05, 3.63) is 48.0 Å². The van der Waals surface area contributed by atoms with E-state index in [2.05, 4.69) is 9.97 Å². The average Bonchev–Trinajstić information content (AvgIpc) is 2.78. The highest BCUT2D eigenvalue weighted by atomic mass is 32.3. The minimum Gasteiger partial charge on any atom is -0.588 e. The predicted molar refractivity (Wildman–Crippen MR) is 107 cm³/mol. The minimum atomic E-state index is -3.76. The molecule has 0 aromatic carbocycles. The molecule has 1 amide bonds. The number of sulfonamides is 1.